The van der Waals surface area contributed by atoms with Crippen LogP contribution in [0.5, 0.6) is 0 Å². The van der Waals surface area contributed by atoms with Gasteiger partial charge in [-0.15, -0.1) is 0 Å². The normalized spacial score (nSPS) is 14.3. The molecule has 1 aromatic carbocycles. The molecular formula is C24H28N4O4S. The third kappa shape index (κ3) is 5.84. The number of aromatic nitrogens is 3. The summed E-state index contributed by atoms with van der Waals surface area (Å²) in [7, 11) is 0. The van der Waals surface area contributed by atoms with E-state index in [0.29, 0.717) is 34.2 Å². The molecule has 0 saturated heterocycles. The van der Waals surface area contributed by atoms with Gasteiger partial charge in [-0.25, -0.2) is 9.78 Å². The van der Waals surface area contributed by atoms with Crippen molar-refractivity contribution in [3.05, 3.63) is 57.0 Å². The highest BCUT2D eigenvalue weighted by atomic mass is 32.1. The lowest BCUT2D eigenvalue weighted by molar-refractivity contribution is -0.116. The largest absolute Gasteiger partial charge is 0.456 e. The minimum absolute atomic E-state index is 0.0856. The number of rotatable bonds is 8. The lowest BCUT2D eigenvalue weighted by Gasteiger charge is -2.18. The minimum Gasteiger partial charge on any atom is -0.456 e. The van der Waals surface area contributed by atoms with Gasteiger partial charge in [-0.2, -0.15) is 9.61 Å². The molecule has 0 atom stereocenters. The number of hydrogen-bond acceptors (Lipinski definition) is 7. The molecule has 2 heterocycles. The molecule has 1 amide bonds. The predicted molar refractivity (Wildman–Crippen MR) is 127 cm³/mol. The predicted octanol–water partition coefficient (Wildman–Crippen LogP) is 4.68. The number of carbonyl (C=O) groups excluding carboxylic acids is 2. The van der Waals surface area contributed by atoms with E-state index in [1.807, 2.05) is 6.92 Å². The SMILES string of the molecule is CCCCC(=O)Nc1cccc(C(=O)OCc2cc(=O)n3nc(C4CCCCC4)sc3n2)c1. The molecule has 174 valence electrons. The summed E-state index contributed by atoms with van der Waals surface area (Å²) in [5.74, 6) is -0.243. The maximum atomic E-state index is 12.5. The van der Waals surface area contributed by atoms with Crippen LogP contribution in [0.25, 0.3) is 4.96 Å². The highest BCUT2D eigenvalue weighted by Crippen LogP contribution is 2.34. The second-order valence-electron chi connectivity index (χ2n) is 8.36. The van der Waals surface area contributed by atoms with Gasteiger partial charge in [0, 0.05) is 24.1 Å². The van der Waals surface area contributed by atoms with E-state index in [2.05, 4.69) is 15.4 Å². The lowest BCUT2D eigenvalue weighted by Crippen LogP contribution is -2.17. The number of fused-ring (bicyclic) bond motifs is 1. The second-order valence-corrected chi connectivity index (χ2v) is 9.35. The first kappa shape index (κ1) is 23.1. The van der Waals surface area contributed by atoms with Crippen molar-refractivity contribution in [1.82, 2.24) is 14.6 Å². The second kappa shape index (κ2) is 10.7. The van der Waals surface area contributed by atoms with Crippen LogP contribution in [0, 0.1) is 0 Å². The zero-order valence-electron chi connectivity index (χ0n) is 18.7. The van der Waals surface area contributed by atoms with Crippen molar-refractivity contribution in [2.45, 2.75) is 70.8 Å². The summed E-state index contributed by atoms with van der Waals surface area (Å²) in [6.45, 7) is 1.91. The number of benzene rings is 1. The molecular weight excluding hydrogens is 440 g/mol. The van der Waals surface area contributed by atoms with Crippen LogP contribution in [-0.2, 0) is 16.1 Å². The van der Waals surface area contributed by atoms with Gasteiger partial charge in [0.25, 0.3) is 5.56 Å². The standard InChI is InChI=1S/C24H28N4O4S/c1-2-3-12-20(29)25-18-11-7-10-17(13-18)23(31)32-15-19-14-21(30)28-24(26-19)33-22(27-28)16-8-5-4-6-9-16/h7,10-11,13-14,16H,2-6,8-9,12,15H2,1H3,(H,25,29). The van der Waals surface area contributed by atoms with Crippen molar-refractivity contribution in [1.29, 1.82) is 0 Å². The topological polar surface area (TPSA) is 103 Å². The Kier molecular flexibility index (Phi) is 7.49. The Bertz CT molecular complexity index is 1200. The average molecular weight is 469 g/mol. The summed E-state index contributed by atoms with van der Waals surface area (Å²) < 4.78 is 6.73. The molecule has 0 spiro atoms. The van der Waals surface area contributed by atoms with Crippen LogP contribution in [0.1, 0.15) is 85.3 Å². The molecule has 0 radical (unpaired) electrons. The smallest absolute Gasteiger partial charge is 0.338 e. The van der Waals surface area contributed by atoms with Crippen molar-refractivity contribution < 1.29 is 14.3 Å². The summed E-state index contributed by atoms with van der Waals surface area (Å²) in [4.78, 5) is 42.0. The van der Waals surface area contributed by atoms with Gasteiger partial charge in [-0.1, -0.05) is 50.0 Å². The summed E-state index contributed by atoms with van der Waals surface area (Å²) in [6.07, 6.45) is 8.01. The van der Waals surface area contributed by atoms with E-state index in [1.54, 1.807) is 24.3 Å². The van der Waals surface area contributed by atoms with Gasteiger partial charge in [0.05, 0.1) is 11.3 Å². The average Bonchev–Trinajstić information content (AvgIpc) is 3.27. The lowest BCUT2D eigenvalue weighted by atomic mass is 9.90. The maximum absolute atomic E-state index is 12.5. The number of anilines is 1. The molecule has 1 saturated carbocycles. The number of carbonyl (C=O) groups is 2. The zero-order chi connectivity index (χ0) is 23.2. The van der Waals surface area contributed by atoms with Crippen LogP contribution in [0.15, 0.2) is 35.1 Å². The summed E-state index contributed by atoms with van der Waals surface area (Å²) in [5, 5.41) is 8.23. The quantitative estimate of drug-likeness (QED) is 0.481. The van der Waals surface area contributed by atoms with E-state index in [9.17, 15) is 14.4 Å². The molecule has 1 aliphatic carbocycles. The first-order valence-corrected chi connectivity index (χ1v) is 12.3. The number of unbranched alkanes of at least 4 members (excludes halogenated alkanes) is 1. The van der Waals surface area contributed by atoms with Crippen molar-refractivity contribution in [3.63, 3.8) is 0 Å². The van der Waals surface area contributed by atoms with Gasteiger partial charge in [-0.3, -0.25) is 9.59 Å². The van der Waals surface area contributed by atoms with Gasteiger partial charge < -0.3 is 10.1 Å². The van der Waals surface area contributed by atoms with Crippen LogP contribution < -0.4 is 10.9 Å². The monoisotopic (exact) mass is 468 g/mol. The fourth-order valence-electron chi connectivity index (χ4n) is 3.97. The minimum atomic E-state index is -0.547. The van der Waals surface area contributed by atoms with E-state index in [0.717, 1.165) is 30.7 Å². The summed E-state index contributed by atoms with van der Waals surface area (Å²) in [6, 6.07) is 7.97. The first-order valence-electron chi connectivity index (χ1n) is 11.5. The molecule has 0 aliphatic heterocycles. The Balaban J connectivity index is 1.41. The maximum Gasteiger partial charge on any atom is 0.338 e. The van der Waals surface area contributed by atoms with Gasteiger partial charge >= 0.3 is 5.97 Å². The number of nitrogens with zero attached hydrogens (tertiary/aromatic N) is 3. The Morgan fingerprint density at radius 2 is 2.03 bits per heavy atom. The molecule has 8 nitrogen and oxygen atoms in total. The fourth-order valence-corrected chi connectivity index (χ4v) is 5.06. The number of ether oxygens (including phenoxy) is 1. The fraction of sp³-hybridized carbons (Fsp3) is 0.458. The van der Waals surface area contributed by atoms with Crippen LogP contribution in [0.2, 0.25) is 0 Å². The molecule has 0 bridgehead atoms. The van der Waals surface area contributed by atoms with E-state index in [1.165, 1.54) is 41.2 Å². The zero-order valence-corrected chi connectivity index (χ0v) is 19.5. The Morgan fingerprint density at radius 1 is 1.21 bits per heavy atom. The Morgan fingerprint density at radius 3 is 2.82 bits per heavy atom. The molecule has 0 unspecified atom stereocenters. The van der Waals surface area contributed by atoms with Crippen LogP contribution in [0.4, 0.5) is 5.69 Å². The van der Waals surface area contributed by atoms with Crippen LogP contribution in [0.3, 0.4) is 0 Å². The van der Waals surface area contributed by atoms with E-state index < -0.39 is 5.97 Å². The summed E-state index contributed by atoms with van der Waals surface area (Å²) >= 11 is 1.44. The van der Waals surface area contributed by atoms with E-state index >= 15 is 0 Å². The molecule has 3 aromatic rings. The van der Waals surface area contributed by atoms with Crippen LogP contribution in [-0.4, -0.2) is 26.5 Å². The first-order chi connectivity index (χ1) is 16.0. The third-order valence-corrected chi connectivity index (χ3v) is 6.83. The molecule has 33 heavy (non-hydrogen) atoms. The molecule has 1 aliphatic rings. The highest BCUT2D eigenvalue weighted by molar-refractivity contribution is 7.16. The highest BCUT2D eigenvalue weighted by Gasteiger charge is 2.21. The molecule has 2 aromatic heterocycles. The van der Waals surface area contributed by atoms with Gasteiger partial charge in [0.2, 0.25) is 10.9 Å². The van der Waals surface area contributed by atoms with Crippen molar-refractivity contribution >= 4 is 33.9 Å². The summed E-state index contributed by atoms with van der Waals surface area (Å²) in [5.41, 5.74) is 0.971. The number of amides is 1. The van der Waals surface area contributed by atoms with Crippen LogP contribution >= 0.6 is 11.3 Å². The third-order valence-electron chi connectivity index (χ3n) is 5.76. The number of nitrogens with one attached hydrogen (secondary N) is 1. The molecule has 1 fully saturated rings. The molecule has 9 heteroatoms. The Labute approximate surface area is 196 Å². The van der Waals surface area contributed by atoms with E-state index in [-0.39, 0.29) is 18.1 Å². The number of hydrogen-bond donors (Lipinski definition) is 1. The van der Waals surface area contributed by atoms with Crippen molar-refractivity contribution in [2.75, 3.05) is 5.32 Å². The Hall–Kier alpha value is -3.07. The number of esters is 1. The van der Waals surface area contributed by atoms with Gasteiger partial charge in [-0.05, 0) is 37.5 Å². The van der Waals surface area contributed by atoms with Crippen molar-refractivity contribution in [2.24, 2.45) is 0 Å². The van der Waals surface area contributed by atoms with Gasteiger partial charge in [0.15, 0.2) is 0 Å². The molecule has 4 rings (SSSR count). The molecule has 1 N–H and O–H groups in total. The van der Waals surface area contributed by atoms with E-state index in [4.69, 9.17) is 4.74 Å². The van der Waals surface area contributed by atoms with Gasteiger partial charge in [0.1, 0.15) is 11.6 Å². The van der Waals surface area contributed by atoms with Crippen molar-refractivity contribution in [3.8, 4) is 0 Å².